The van der Waals surface area contributed by atoms with Crippen molar-refractivity contribution in [2.45, 2.75) is 18.7 Å². The molecule has 2 heterocycles. The molecule has 1 N–H and O–H groups in total. The smallest absolute Gasteiger partial charge is 0.243 e. The highest BCUT2D eigenvalue weighted by Crippen LogP contribution is 2.25. The molecule has 1 saturated heterocycles. The molecule has 10 heteroatoms. The van der Waals surface area contributed by atoms with Gasteiger partial charge in [0.2, 0.25) is 10.0 Å². The molecular formula is C18H24FN5O3S. The van der Waals surface area contributed by atoms with E-state index in [0.29, 0.717) is 31.3 Å². The molecule has 2 aromatic rings. The van der Waals surface area contributed by atoms with E-state index in [4.69, 9.17) is 4.74 Å². The molecule has 1 aromatic carbocycles. The Labute approximate surface area is 164 Å². The third-order valence-electron chi connectivity index (χ3n) is 4.41. The molecule has 0 atom stereocenters. The second-order valence-corrected chi connectivity index (χ2v) is 8.16. The number of anilines is 2. The molecule has 0 bridgehead atoms. The number of halogens is 1. The summed E-state index contributed by atoms with van der Waals surface area (Å²) < 4.78 is 46.2. The van der Waals surface area contributed by atoms with Crippen molar-refractivity contribution in [3.63, 3.8) is 0 Å². The van der Waals surface area contributed by atoms with E-state index in [1.807, 2.05) is 24.0 Å². The van der Waals surface area contributed by atoms with Crippen molar-refractivity contribution in [1.29, 1.82) is 0 Å². The van der Waals surface area contributed by atoms with Crippen LogP contribution in [0, 0.1) is 5.82 Å². The van der Waals surface area contributed by atoms with E-state index in [2.05, 4.69) is 15.5 Å². The molecule has 1 aliphatic rings. The van der Waals surface area contributed by atoms with Crippen molar-refractivity contribution in [2.75, 3.05) is 49.5 Å². The van der Waals surface area contributed by atoms with Gasteiger partial charge in [-0.05, 0) is 44.2 Å². The highest BCUT2D eigenvalue weighted by Gasteiger charge is 2.29. The van der Waals surface area contributed by atoms with Gasteiger partial charge in [0.25, 0.3) is 0 Å². The van der Waals surface area contributed by atoms with Crippen LogP contribution in [0.1, 0.15) is 13.8 Å². The van der Waals surface area contributed by atoms with Gasteiger partial charge in [0.15, 0.2) is 17.4 Å². The van der Waals surface area contributed by atoms with Crippen LogP contribution in [0.4, 0.5) is 16.0 Å². The van der Waals surface area contributed by atoms with Crippen LogP contribution in [-0.4, -0.2) is 62.3 Å². The van der Waals surface area contributed by atoms with E-state index in [1.54, 1.807) is 6.92 Å². The summed E-state index contributed by atoms with van der Waals surface area (Å²) in [5.41, 5.74) is 0. The largest absolute Gasteiger partial charge is 0.491 e. The van der Waals surface area contributed by atoms with Crippen molar-refractivity contribution in [1.82, 2.24) is 14.5 Å². The summed E-state index contributed by atoms with van der Waals surface area (Å²) in [6.45, 7) is 6.32. The van der Waals surface area contributed by atoms with E-state index >= 15 is 0 Å². The van der Waals surface area contributed by atoms with Crippen molar-refractivity contribution in [3.05, 3.63) is 36.1 Å². The minimum atomic E-state index is -3.77. The third kappa shape index (κ3) is 4.33. The van der Waals surface area contributed by atoms with Gasteiger partial charge in [0.1, 0.15) is 5.82 Å². The van der Waals surface area contributed by atoms with E-state index in [0.717, 1.165) is 12.6 Å². The van der Waals surface area contributed by atoms with Gasteiger partial charge in [-0.1, -0.05) is 0 Å². The second kappa shape index (κ2) is 8.70. The van der Waals surface area contributed by atoms with Crippen LogP contribution >= 0.6 is 0 Å². The molecule has 3 rings (SSSR count). The number of benzene rings is 1. The first kappa shape index (κ1) is 20.3. The number of nitrogens with zero attached hydrogens (tertiary/aromatic N) is 4. The Bertz CT molecular complexity index is 900. The zero-order valence-electron chi connectivity index (χ0n) is 15.9. The lowest BCUT2D eigenvalue weighted by atomic mass is 10.3. The molecule has 0 aliphatic carbocycles. The highest BCUT2D eigenvalue weighted by atomic mass is 32.2. The monoisotopic (exact) mass is 409 g/mol. The van der Waals surface area contributed by atoms with Gasteiger partial charge in [0, 0.05) is 32.7 Å². The van der Waals surface area contributed by atoms with Crippen molar-refractivity contribution >= 4 is 21.7 Å². The van der Waals surface area contributed by atoms with Crippen LogP contribution in [-0.2, 0) is 10.0 Å². The summed E-state index contributed by atoms with van der Waals surface area (Å²) in [5, 5.41) is 11.4. The van der Waals surface area contributed by atoms with E-state index in [1.165, 1.54) is 16.4 Å². The zero-order chi connectivity index (χ0) is 20.1. The lowest BCUT2D eigenvalue weighted by Crippen LogP contribution is -2.49. The molecule has 1 aliphatic heterocycles. The summed E-state index contributed by atoms with van der Waals surface area (Å²) >= 11 is 0. The lowest BCUT2D eigenvalue weighted by Gasteiger charge is -2.34. The topological polar surface area (TPSA) is 87.7 Å². The molecule has 152 valence electrons. The minimum absolute atomic E-state index is 0.0471. The maximum atomic E-state index is 14.1. The van der Waals surface area contributed by atoms with Gasteiger partial charge >= 0.3 is 0 Å². The SMILES string of the molecule is CCNc1ccc(N2CCN(S(=O)(=O)c3ccc(OCC)c(F)c3)CC2)nn1. The van der Waals surface area contributed by atoms with Crippen LogP contribution in [0.3, 0.4) is 0 Å². The lowest BCUT2D eigenvalue weighted by molar-refractivity contribution is 0.321. The van der Waals surface area contributed by atoms with Gasteiger partial charge in [-0.25, -0.2) is 12.8 Å². The predicted molar refractivity (Wildman–Crippen MR) is 105 cm³/mol. The van der Waals surface area contributed by atoms with Gasteiger partial charge in [-0.15, -0.1) is 10.2 Å². The number of aromatic nitrogens is 2. The molecule has 0 radical (unpaired) electrons. The highest BCUT2D eigenvalue weighted by molar-refractivity contribution is 7.89. The van der Waals surface area contributed by atoms with Crippen LogP contribution in [0.5, 0.6) is 5.75 Å². The average Bonchev–Trinajstić information content (AvgIpc) is 2.70. The van der Waals surface area contributed by atoms with E-state index in [-0.39, 0.29) is 23.7 Å². The Hall–Kier alpha value is -2.46. The Morgan fingerprint density at radius 1 is 1.11 bits per heavy atom. The van der Waals surface area contributed by atoms with Crippen LogP contribution < -0.4 is 15.0 Å². The Morgan fingerprint density at radius 2 is 1.86 bits per heavy atom. The molecule has 1 fully saturated rings. The Morgan fingerprint density at radius 3 is 2.43 bits per heavy atom. The van der Waals surface area contributed by atoms with Gasteiger partial charge in [0.05, 0.1) is 11.5 Å². The first-order chi connectivity index (χ1) is 13.5. The minimum Gasteiger partial charge on any atom is -0.491 e. The third-order valence-corrected chi connectivity index (χ3v) is 6.31. The first-order valence-corrected chi connectivity index (χ1v) is 10.6. The summed E-state index contributed by atoms with van der Waals surface area (Å²) in [5.74, 6) is 0.763. The quantitative estimate of drug-likeness (QED) is 0.748. The number of hydrogen-bond donors (Lipinski definition) is 1. The standard InChI is InChI=1S/C18H24FN5O3S/c1-3-20-17-7-8-18(22-21-17)23-9-11-24(12-10-23)28(25,26)14-5-6-16(27-4-2)15(19)13-14/h5-8,13H,3-4,9-12H2,1-2H3,(H,20,21). The Kier molecular flexibility index (Phi) is 6.30. The summed E-state index contributed by atoms with van der Waals surface area (Å²) in [6, 6.07) is 7.44. The molecule has 0 unspecified atom stereocenters. The maximum Gasteiger partial charge on any atom is 0.243 e. The molecule has 8 nitrogen and oxygen atoms in total. The fraction of sp³-hybridized carbons (Fsp3) is 0.444. The van der Waals surface area contributed by atoms with Gasteiger partial charge in [-0.3, -0.25) is 0 Å². The summed E-state index contributed by atoms with van der Waals surface area (Å²) in [7, 11) is -3.77. The fourth-order valence-corrected chi connectivity index (χ4v) is 4.43. The average molecular weight is 409 g/mol. The van der Waals surface area contributed by atoms with Crippen LogP contribution in [0.15, 0.2) is 35.2 Å². The Balaban J connectivity index is 1.67. The van der Waals surface area contributed by atoms with E-state index in [9.17, 15) is 12.8 Å². The van der Waals surface area contributed by atoms with Crippen molar-refractivity contribution < 1.29 is 17.5 Å². The molecule has 0 spiro atoms. The molecule has 0 amide bonds. The predicted octanol–water partition coefficient (Wildman–Crippen LogP) is 1.96. The summed E-state index contributed by atoms with van der Waals surface area (Å²) in [6.07, 6.45) is 0. The van der Waals surface area contributed by atoms with Crippen LogP contribution in [0.2, 0.25) is 0 Å². The number of hydrogen-bond acceptors (Lipinski definition) is 7. The van der Waals surface area contributed by atoms with Crippen molar-refractivity contribution in [2.24, 2.45) is 0 Å². The molecule has 1 aromatic heterocycles. The van der Waals surface area contributed by atoms with Gasteiger partial charge in [-0.2, -0.15) is 4.31 Å². The van der Waals surface area contributed by atoms with E-state index < -0.39 is 15.8 Å². The number of nitrogens with one attached hydrogen (secondary N) is 1. The zero-order valence-corrected chi connectivity index (χ0v) is 16.7. The number of rotatable bonds is 7. The first-order valence-electron chi connectivity index (χ1n) is 9.20. The maximum absolute atomic E-state index is 14.1. The van der Waals surface area contributed by atoms with Gasteiger partial charge < -0.3 is 15.0 Å². The number of piperazine rings is 1. The molecule has 0 saturated carbocycles. The molecular weight excluding hydrogens is 385 g/mol. The fourth-order valence-electron chi connectivity index (χ4n) is 2.99. The summed E-state index contributed by atoms with van der Waals surface area (Å²) in [4.78, 5) is 1.91. The van der Waals surface area contributed by atoms with Crippen LogP contribution in [0.25, 0.3) is 0 Å². The normalized spacial score (nSPS) is 15.5. The second-order valence-electron chi connectivity index (χ2n) is 6.22. The number of sulfonamides is 1. The number of ether oxygens (including phenoxy) is 1. The van der Waals surface area contributed by atoms with Crippen molar-refractivity contribution in [3.8, 4) is 5.75 Å². The molecule has 28 heavy (non-hydrogen) atoms.